The zero-order chi connectivity index (χ0) is 26.7. The molecule has 0 saturated heterocycles. The van der Waals surface area contributed by atoms with Crippen LogP contribution in [0.1, 0.15) is 59.1 Å². The van der Waals surface area contributed by atoms with E-state index in [1.54, 1.807) is 40.0 Å². The van der Waals surface area contributed by atoms with Crippen molar-refractivity contribution in [3.63, 3.8) is 0 Å². The lowest BCUT2D eigenvalue weighted by atomic mass is 10.1. The highest BCUT2D eigenvalue weighted by Crippen LogP contribution is 2.29. The van der Waals surface area contributed by atoms with Crippen molar-refractivity contribution >= 4 is 44.0 Å². The minimum absolute atomic E-state index is 0.125. The number of hydrogen-bond acceptors (Lipinski definition) is 5. The minimum atomic E-state index is -0.626. The first-order valence-corrected chi connectivity index (χ1v) is 13.1. The molecule has 196 valence electrons. The van der Waals surface area contributed by atoms with Crippen LogP contribution in [0.2, 0.25) is 0 Å². The predicted octanol–water partition coefficient (Wildman–Crippen LogP) is 7.32. The molecule has 4 rings (SSSR count). The highest BCUT2D eigenvalue weighted by Gasteiger charge is 2.21. The predicted molar refractivity (Wildman–Crippen MR) is 146 cm³/mol. The third-order valence-corrected chi connectivity index (χ3v) is 6.41. The van der Waals surface area contributed by atoms with E-state index in [4.69, 9.17) is 9.47 Å². The number of imidazole rings is 1. The first-order valence-electron chi connectivity index (χ1n) is 12.3. The van der Waals surface area contributed by atoms with E-state index in [1.165, 1.54) is 12.1 Å². The van der Waals surface area contributed by atoms with Gasteiger partial charge in [-0.15, -0.1) is 0 Å². The smallest absolute Gasteiger partial charge is 0.408 e. The normalized spacial score (nSPS) is 13.5. The Morgan fingerprint density at radius 3 is 2.68 bits per heavy atom. The topological polar surface area (TPSA) is 78.3 Å². The van der Waals surface area contributed by atoms with Crippen LogP contribution in [0, 0.1) is 5.82 Å². The average Bonchev–Trinajstić information content (AvgIpc) is 3.22. The van der Waals surface area contributed by atoms with E-state index in [0.717, 1.165) is 45.8 Å². The second-order valence-corrected chi connectivity index (χ2v) is 11.1. The summed E-state index contributed by atoms with van der Waals surface area (Å²) in [4.78, 5) is 21.3. The number of ether oxygens (including phenoxy) is 2. The van der Waals surface area contributed by atoms with Gasteiger partial charge in [-0.1, -0.05) is 15.9 Å². The second-order valence-electron chi connectivity index (χ2n) is 10.2. The molecule has 0 fully saturated rings. The van der Waals surface area contributed by atoms with Gasteiger partial charge >= 0.3 is 6.09 Å². The van der Waals surface area contributed by atoms with Crippen LogP contribution < -0.4 is 10.1 Å². The summed E-state index contributed by atoms with van der Waals surface area (Å²) < 4.78 is 28.7. The van der Waals surface area contributed by atoms with E-state index in [9.17, 15) is 9.18 Å². The molecule has 2 aromatic heterocycles. The number of fused-ring (bicyclic) bond motifs is 3. The molecule has 1 amide bonds. The molecular formula is C28H32BrFN4O3. The summed E-state index contributed by atoms with van der Waals surface area (Å²) in [6, 6.07) is 9.90. The van der Waals surface area contributed by atoms with Gasteiger partial charge in [-0.05, 0) is 83.9 Å². The summed E-state index contributed by atoms with van der Waals surface area (Å²) in [6.45, 7) is 9.91. The fourth-order valence-electron chi connectivity index (χ4n) is 4.25. The van der Waals surface area contributed by atoms with Crippen LogP contribution in [-0.4, -0.2) is 32.3 Å². The van der Waals surface area contributed by atoms with Gasteiger partial charge in [0, 0.05) is 22.0 Å². The summed E-state index contributed by atoms with van der Waals surface area (Å²) in [6.07, 6.45) is 4.59. The molecular weight excluding hydrogens is 539 g/mol. The van der Waals surface area contributed by atoms with Crippen molar-refractivity contribution in [2.75, 3.05) is 0 Å². The maximum atomic E-state index is 14.1. The zero-order valence-electron chi connectivity index (χ0n) is 21.7. The highest BCUT2D eigenvalue weighted by molar-refractivity contribution is 9.10. The molecule has 2 heterocycles. The number of rotatable bonds is 8. The number of benzene rings is 2. The van der Waals surface area contributed by atoms with Gasteiger partial charge in [0.15, 0.2) is 0 Å². The number of hydrogen-bond donors (Lipinski definition) is 1. The lowest BCUT2D eigenvalue weighted by Gasteiger charge is -2.24. The molecule has 37 heavy (non-hydrogen) atoms. The van der Waals surface area contributed by atoms with Gasteiger partial charge in [-0.2, -0.15) is 0 Å². The number of nitrogens with zero attached hydrogens (tertiary/aromatic N) is 3. The lowest BCUT2D eigenvalue weighted by molar-refractivity contribution is 0.0507. The molecule has 1 N–H and O–H groups in total. The number of carbonyl (C=O) groups is 1. The molecule has 2 atom stereocenters. The van der Waals surface area contributed by atoms with Gasteiger partial charge in [0.2, 0.25) is 0 Å². The fourth-order valence-corrected chi connectivity index (χ4v) is 4.61. The molecule has 0 aliphatic rings. The number of aryl methyl sites for hydroxylation is 1. The van der Waals surface area contributed by atoms with Gasteiger partial charge in [-0.25, -0.2) is 14.2 Å². The fraction of sp³-hybridized carbons (Fsp3) is 0.393. The molecule has 4 aromatic rings. The molecule has 0 aliphatic carbocycles. The first kappa shape index (κ1) is 26.9. The molecule has 9 heteroatoms. The maximum absolute atomic E-state index is 14.1. The van der Waals surface area contributed by atoms with Crippen LogP contribution in [-0.2, 0) is 11.3 Å². The quantitative estimate of drug-likeness (QED) is 0.240. The Hall–Kier alpha value is -3.20. The Labute approximate surface area is 224 Å². The first-order chi connectivity index (χ1) is 17.5. The number of halogens is 2. The van der Waals surface area contributed by atoms with Gasteiger partial charge in [0.25, 0.3) is 0 Å². The summed E-state index contributed by atoms with van der Waals surface area (Å²) in [7, 11) is 0. The monoisotopic (exact) mass is 570 g/mol. The Bertz CT molecular complexity index is 1420. The number of amides is 1. The molecule has 0 bridgehead atoms. The summed E-state index contributed by atoms with van der Waals surface area (Å²) in [5, 5.41) is 3.82. The van der Waals surface area contributed by atoms with Crippen LogP contribution in [0.5, 0.6) is 5.75 Å². The lowest BCUT2D eigenvalue weighted by Crippen LogP contribution is -2.34. The second kappa shape index (κ2) is 11.0. The Morgan fingerprint density at radius 1 is 1.14 bits per heavy atom. The SMILES string of the molecule is CC(CCCn1cnc2cnc3ccc(Br)cc3c21)Oc1ccc(F)cc1[C@@H](C)NC(=O)OC(C)(C)C. The van der Waals surface area contributed by atoms with E-state index in [-0.39, 0.29) is 6.10 Å². The van der Waals surface area contributed by atoms with Crippen LogP contribution in [0.4, 0.5) is 9.18 Å². The van der Waals surface area contributed by atoms with Gasteiger partial charge < -0.3 is 19.4 Å². The van der Waals surface area contributed by atoms with E-state index in [1.807, 2.05) is 25.4 Å². The summed E-state index contributed by atoms with van der Waals surface area (Å²) in [5.74, 6) is 0.139. The Balaban J connectivity index is 1.41. The van der Waals surface area contributed by atoms with Crippen molar-refractivity contribution in [2.45, 2.75) is 71.8 Å². The third-order valence-electron chi connectivity index (χ3n) is 5.92. The molecule has 0 radical (unpaired) electrons. The largest absolute Gasteiger partial charge is 0.490 e. The number of nitrogens with one attached hydrogen (secondary N) is 1. The number of carbonyl (C=O) groups excluding carboxylic acids is 1. The third kappa shape index (κ3) is 6.77. The number of pyridine rings is 1. The average molecular weight is 571 g/mol. The van der Waals surface area contributed by atoms with Crippen molar-refractivity contribution in [3.05, 3.63) is 64.8 Å². The van der Waals surface area contributed by atoms with Crippen LogP contribution in [0.15, 0.2) is 53.4 Å². The van der Waals surface area contributed by atoms with Crippen molar-refractivity contribution in [1.82, 2.24) is 19.9 Å². The van der Waals surface area contributed by atoms with E-state index in [0.29, 0.717) is 11.3 Å². The van der Waals surface area contributed by atoms with Crippen molar-refractivity contribution < 1.29 is 18.7 Å². The van der Waals surface area contributed by atoms with E-state index in [2.05, 4.69) is 41.8 Å². The molecule has 1 unspecified atom stereocenters. The van der Waals surface area contributed by atoms with Gasteiger partial charge in [0.05, 0.1) is 35.7 Å². The van der Waals surface area contributed by atoms with E-state index >= 15 is 0 Å². The van der Waals surface area contributed by atoms with Crippen LogP contribution in [0.3, 0.4) is 0 Å². The molecule has 0 aliphatic heterocycles. The number of aromatic nitrogens is 3. The van der Waals surface area contributed by atoms with Gasteiger partial charge in [-0.3, -0.25) is 4.98 Å². The van der Waals surface area contributed by atoms with Crippen molar-refractivity contribution in [1.29, 1.82) is 0 Å². The number of alkyl carbamates (subject to hydrolysis) is 1. The molecule has 0 saturated carbocycles. The zero-order valence-corrected chi connectivity index (χ0v) is 23.3. The van der Waals surface area contributed by atoms with Crippen LogP contribution in [0.25, 0.3) is 21.9 Å². The standard InChI is InChI=1S/C28H32BrFN4O3/c1-17(36-25-11-9-20(30)14-21(25)18(2)33-27(35)37-28(3,4)5)7-6-12-34-16-32-24-15-31-23-10-8-19(29)13-22(23)26(24)34/h8-11,13-18H,6-7,12H2,1-5H3,(H,33,35)/t17?,18-/m1/s1. The maximum Gasteiger partial charge on any atom is 0.408 e. The summed E-state index contributed by atoms with van der Waals surface area (Å²) in [5.41, 5.74) is 2.77. The van der Waals surface area contributed by atoms with Crippen molar-refractivity contribution in [3.8, 4) is 5.75 Å². The molecule has 2 aromatic carbocycles. The van der Waals surface area contributed by atoms with Crippen LogP contribution >= 0.6 is 15.9 Å². The minimum Gasteiger partial charge on any atom is -0.490 e. The molecule has 7 nitrogen and oxygen atoms in total. The Morgan fingerprint density at radius 2 is 1.92 bits per heavy atom. The Kier molecular flexibility index (Phi) is 8.02. The highest BCUT2D eigenvalue weighted by atomic mass is 79.9. The molecule has 0 spiro atoms. The van der Waals surface area contributed by atoms with Crippen molar-refractivity contribution in [2.24, 2.45) is 0 Å². The van der Waals surface area contributed by atoms with E-state index < -0.39 is 23.6 Å². The summed E-state index contributed by atoms with van der Waals surface area (Å²) >= 11 is 3.55. The van der Waals surface area contributed by atoms with Gasteiger partial charge in [0.1, 0.15) is 22.7 Å².